The van der Waals surface area contributed by atoms with Gasteiger partial charge in [0.2, 0.25) is 11.0 Å². The van der Waals surface area contributed by atoms with E-state index < -0.39 is 6.03 Å². The third kappa shape index (κ3) is 6.02. The molecule has 0 spiro atoms. The number of hydrogen-bond acceptors (Lipinski definition) is 7. The Balaban J connectivity index is 1.84. The fourth-order valence-corrected chi connectivity index (χ4v) is 3.46. The van der Waals surface area contributed by atoms with Crippen molar-refractivity contribution in [3.8, 4) is 0 Å². The van der Waals surface area contributed by atoms with Gasteiger partial charge in [0.1, 0.15) is 0 Å². The maximum Gasteiger partial charge on any atom is 0.321 e. The van der Waals surface area contributed by atoms with Crippen LogP contribution in [0.1, 0.15) is 24.5 Å². The van der Waals surface area contributed by atoms with Crippen molar-refractivity contribution >= 4 is 45.9 Å². The van der Waals surface area contributed by atoms with Crippen LogP contribution in [0.5, 0.6) is 0 Å². The molecule has 1 aromatic heterocycles. The van der Waals surface area contributed by atoms with Gasteiger partial charge in [0, 0.05) is 12.2 Å². The number of anilines is 2. The van der Waals surface area contributed by atoms with Crippen LogP contribution in [0.3, 0.4) is 0 Å². The lowest BCUT2D eigenvalue weighted by Crippen LogP contribution is -2.40. The Morgan fingerprint density at radius 1 is 1.24 bits per heavy atom. The Bertz CT molecular complexity index is 748. The van der Waals surface area contributed by atoms with E-state index in [2.05, 4.69) is 39.1 Å². The summed E-state index contributed by atoms with van der Waals surface area (Å²) in [6.45, 7) is 6.58. The number of rotatable bonds is 7. The molecule has 7 nitrogen and oxygen atoms in total. The van der Waals surface area contributed by atoms with Gasteiger partial charge in [0.25, 0.3) is 0 Å². The summed E-state index contributed by atoms with van der Waals surface area (Å²) in [7, 11) is 0. The molecule has 3 amide bonds. The summed E-state index contributed by atoms with van der Waals surface area (Å²) in [6.07, 6.45) is 0.817. The van der Waals surface area contributed by atoms with Crippen molar-refractivity contribution in [2.24, 2.45) is 0 Å². The monoisotopic (exact) mass is 379 g/mol. The van der Waals surface area contributed by atoms with Crippen LogP contribution in [0.15, 0.2) is 22.5 Å². The van der Waals surface area contributed by atoms with E-state index in [1.807, 2.05) is 26.0 Å². The van der Waals surface area contributed by atoms with Gasteiger partial charge in [0.15, 0.2) is 4.34 Å². The predicted octanol–water partition coefficient (Wildman–Crippen LogP) is 3.23. The summed E-state index contributed by atoms with van der Waals surface area (Å²) in [4.78, 5) is 23.1. The highest BCUT2D eigenvalue weighted by Crippen LogP contribution is 2.29. The van der Waals surface area contributed by atoms with Crippen molar-refractivity contribution < 1.29 is 9.59 Å². The Hall–Kier alpha value is -2.13. The van der Waals surface area contributed by atoms with E-state index in [1.165, 1.54) is 28.7 Å². The number of amides is 3. The number of thioether (sulfide) groups is 1. The summed E-state index contributed by atoms with van der Waals surface area (Å²) >= 11 is 2.61. The molecule has 0 saturated carbocycles. The predicted molar refractivity (Wildman–Crippen MR) is 102 cm³/mol. The molecule has 0 atom stereocenters. The van der Waals surface area contributed by atoms with Gasteiger partial charge in [-0.15, -0.1) is 10.2 Å². The van der Waals surface area contributed by atoms with Gasteiger partial charge in [-0.1, -0.05) is 42.2 Å². The minimum absolute atomic E-state index is 0.109. The highest BCUT2D eigenvalue weighted by atomic mass is 32.2. The van der Waals surface area contributed by atoms with E-state index in [9.17, 15) is 9.59 Å². The highest BCUT2D eigenvalue weighted by molar-refractivity contribution is 8.01. The summed E-state index contributed by atoms with van der Waals surface area (Å²) < 4.78 is 0.664. The maximum absolute atomic E-state index is 11.7. The van der Waals surface area contributed by atoms with Gasteiger partial charge in [0.05, 0.1) is 5.75 Å². The molecular formula is C16H21N5O2S2. The van der Waals surface area contributed by atoms with Crippen molar-refractivity contribution in [2.45, 2.75) is 31.5 Å². The molecule has 0 radical (unpaired) electrons. The van der Waals surface area contributed by atoms with Crippen LogP contribution < -0.4 is 16.0 Å². The third-order valence-electron chi connectivity index (χ3n) is 3.37. The first-order valence-electron chi connectivity index (χ1n) is 7.86. The van der Waals surface area contributed by atoms with Crippen molar-refractivity contribution in [3.63, 3.8) is 0 Å². The molecule has 0 bridgehead atoms. The summed E-state index contributed by atoms with van der Waals surface area (Å²) in [5, 5.41) is 16.9. The lowest BCUT2D eigenvalue weighted by molar-refractivity contribution is -0.117. The number of nitrogens with zero attached hydrogens (tertiary/aromatic N) is 2. The topological polar surface area (TPSA) is 96.0 Å². The Kier molecular flexibility index (Phi) is 7.20. The summed E-state index contributed by atoms with van der Waals surface area (Å²) in [5.74, 6) is -0.254. The molecular weight excluding hydrogens is 358 g/mol. The molecule has 3 N–H and O–H groups in total. The zero-order valence-electron chi connectivity index (χ0n) is 14.4. The van der Waals surface area contributed by atoms with Gasteiger partial charge in [-0.3, -0.25) is 10.1 Å². The molecule has 2 aromatic rings. The van der Waals surface area contributed by atoms with Crippen LogP contribution >= 0.6 is 23.1 Å². The summed E-state index contributed by atoms with van der Waals surface area (Å²) in [5.41, 5.74) is 3.34. The average Bonchev–Trinajstić information content (AvgIpc) is 3.03. The van der Waals surface area contributed by atoms with Gasteiger partial charge in [-0.05, 0) is 37.5 Å². The number of benzene rings is 1. The molecule has 25 heavy (non-hydrogen) atoms. The van der Waals surface area contributed by atoms with Crippen LogP contribution in [0.4, 0.5) is 15.6 Å². The zero-order chi connectivity index (χ0) is 18.2. The molecule has 0 aliphatic heterocycles. The van der Waals surface area contributed by atoms with Crippen molar-refractivity contribution in [2.75, 3.05) is 17.6 Å². The molecule has 134 valence electrons. The SMILES string of the molecule is CCCNC(=O)NC(=O)CSc1nnc(Nc2cccc(C)c2C)s1. The number of hydrogen-bond donors (Lipinski definition) is 3. The van der Waals surface area contributed by atoms with Crippen LogP contribution in [-0.2, 0) is 4.79 Å². The zero-order valence-corrected chi connectivity index (χ0v) is 16.0. The minimum Gasteiger partial charge on any atom is -0.338 e. The van der Waals surface area contributed by atoms with E-state index in [-0.39, 0.29) is 11.7 Å². The molecule has 9 heteroatoms. The first-order chi connectivity index (χ1) is 12.0. The van der Waals surface area contributed by atoms with Gasteiger partial charge in [-0.25, -0.2) is 4.79 Å². The van der Waals surface area contributed by atoms with E-state index in [4.69, 9.17) is 0 Å². The normalized spacial score (nSPS) is 10.4. The number of imide groups is 1. The Labute approximate surface area is 155 Å². The molecule has 1 aromatic carbocycles. The number of carbonyl (C=O) groups excluding carboxylic acids is 2. The van der Waals surface area contributed by atoms with Crippen molar-refractivity contribution in [1.82, 2.24) is 20.8 Å². The fraction of sp³-hybridized carbons (Fsp3) is 0.375. The second-order valence-corrected chi connectivity index (χ2v) is 7.54. The van der Waals surface area contributed by atoms with Gasteiger partial charge in [-0.2, -0.15) is 0 Å². The first kappa shape index (κ1) is 19.2. The number of aryl methyl sites for hydroxylation is 1. The van der Waals surface area contributed by atoms with Crippen LogP contribution in [-0.4, -0.2) is 34.4 Å². The third-order valence-corrected chi connectivity index (χ3v) is 5.34. The molecule has 2 rings (SSSR count). The Morgan fingerprint density at radius 3 is 2.80 bits per heavy atom. The van der Waals surface area contributed by atoms with E-state index in [1.54, 1.807) is 0 Å². The lowest BCUT2D eigenvalue weighted by Gasteiger charge is -2.08. The largest absolute Gasteiger partial charge is 0.338 e. The average molecular weight is 380 g/mol. The highest BCUT2D eigenvalue weighted by Gasteiger charge is 2.11. The quantitative estimate of drug-likeness (QED) is 0.639. The molecule has 0 fully saturated rings. The molecule has 1 heterocycles. The maximum atomic E-state index is 11.7. The van der Waals surface area contributed by atoms with E-state index in [0.717, 1.165) is 17.7 Å². The number of nitrogens with one attached hydrogen (secondary N) is 3. The molecule has 0 saturated heterocycles. The van der Waals surface area contributed by atoms with Gasteiger partial charge >= 0.3 is 6.03 Å². The Morgan fingerprint density at radius 2 is 2.04 bits per heavy atom. The first-order valence-corrected chi connectivity index (χ1v) is 9.67. The van der Waals surface area contributed by atoms with Crippen LogP contribution in [0.2, 0.25) is 0 Å². The van der Waals surface area contributed by atoms with E-state index in [0.29, 0.717) is 16.0 Å². The molecule has 0 aliphatic rings. The molecule has 0 unspecified atom stereocenters. The second kappa shape index (κ2) is 9.38. The van der Waals surface area contributed by atoms with Crippen molar-refractivity contribution in [3.05, 3.63) is 29.3 Å². The van der Waals surface area contributed by atoms with Crippen LogP contribution in [0, 0.1) is 13.8 Å². The standard InChI is InChI=1S/C16H21N5O2S2/c1-4-8-17-14(23)19-13(22)9-24-16-21-20-15(25-16)18-12-7-5-6-10(2)11(12)3/h5-7H,4,8-9H2,1-3H3,(H,18,20)(H2,17,19,22,23). The number of urea groups is 1. The number of aromatic nitrogens is 2. The fourth-order valence-electron chi connectivity index (χ4n) is 1.89. The van der Waals surface area contributed by atoms with Crippen molar-refractivity contribution in [1.29, 1.82) is 0 Å². The number of carbonyl (C=O) groups is 2. The molecule has 0 aliphatic carbocycles. The van der Waals surface area contributed by atoms with E-state index >= 15 is 0 Å². The summed E-state index contributed by atoms with van der Waals surface area (Å²) in [6, 6.07) is 5.55. The minimum atomic E-state index is -0.470. The lowest BCUT2D eigenvalue weighted by atomic mass is 10.1. The second-order valence-electron chi connectivity index (χ2n) is 5.34. The van der Waals surface area contributed by atoms with Gasteiger partial charge < -0.3 is 10.6 Å². The van der Waals surface area contributed by atoms with Crippen LogP contribution in [0.25, 0.3) is 0 Å². The smallest absolute Gasteiger partial charge is 0.321 e.